The summed E-state index contributed by atoms with van der Waals surface area (Å²) >= 11 is 7.28. The van der Waals surface area contributed by atoms with Crippen LogP contribution in [-0.4, -0.2) is 34.8 Å². The molecule has 21 heavy (non-hydrogen) atoms. The molecule has 0 spiro atoms. The topological polar surface area (TPSA) is 86.8 Å². The minimum absolute atomic E-state index is 0.0274. The Hall–Kier alpha value is -1.34. The lowest BCUT2D eigenvalue weighted by molar-refractivity contribution is -0.135. The van der Waals surface area contributed by atoms with Gasteiger partial charge in [0.1, 0.15) is 11.8 Å². The molecule has 2 rings (SSSR count). The van der Waals surface area contributed by atoms with Crippen molar-refractivity contribution < 1.29 is 14.4 Å². The summed E-state index contributed by atoms with van der Waals surface area (Å²) < 4.78 is 4.98. The number of carbonyl (C=O) groups is 1. The van der Waals surface area contributed by atoms with Gasteiger partial charge < -0.3 is 15.3 Å². The molecule has 0 unspecified atom stereocenters. The normalized spacial score (nSPS) is 22.9. The van der Waals surface area contributed by atoms with Crippen molar-refractivity contribution in [2.75, 3.05) is 12.3 Å². The number of carbonyl (C=O) groups excluding carboxylic acids is 1. The average Bonchev–Trinajstić information content (AvgIpc) is 2.88. The zero-order chi connectivity index (χ0) is 15.2. The number of nitrogen functional groups attached to an aromatic ring is 1. The number of thiazole rings is 1. The third kappa shape index (κ3) is 4.57. The second-order valence-electron chi connectivity index (χ2n) is 4.71. The number of esters is 1. The Kier molecular flexibility index (Phi) is 5.81. The van der Waals surface area contributed by atoms with E-state index in [2.05, 4.69) is 10.1 Å². The fourth-order valence-electron chi connectivity index (χ4n) is 2.04. The van der Waals surface area contributed by atoms with Crippen LogP contribution in [0.5, 0.6) is 0 Å². The van der Waals surface area contributed by atoms with Gasteiger partial charge in [-0.15, -0.1) is 22.9 Å². The third-order valence-corrected chi connectivity index (χ3v) is 4.24. The van der Waals surface area contributed by atoms with Crippen LogP contribution in [0, 0.1) is 0 Å². The molecule has 116 valence electrons. The predicted octanol–water partition coefficient (Wildman–Crippen LogP) is 2.56. The molecular weight excluding hydrogens is 314 g/mol. The van der Waals surface area contributed by atoms with E-state index in [4.69, 9.17) is 26.9 Å². The van der Waals surface area contributed by atoms with Crippen LogP contribution in [0.25, 0.3) is 0 Å². The van der Waals surface area contributed by atoms with Crippen LogP contribution >= 0.6 is 22.9 Å². The maximum Gasteiger partial charge on any atom is 0.362 e. The maximum absolute atomic E-state index is 11.9. The summed E-state index contributed by atoms with van der Waals surface area (Å²) in [6.07, 6.45) is 3.40. The summed E-state index contributed by atoms with van der Waals surface area (Å²) in [5, 5.41) is 6.19. The van der Waals surface area contributed by atoms with Crippen LogP contribution < -0.4 is 5.73 Å². The standard InChI is InChI=1S/C13H18ClN3O3S/c1-2-19-12(18)11(10-7-21-13(15)16-10)17-20-9-5-3-8(14)4-6-9/h7-9H,2-6H2,1H3,(H2,15,16). The Balaban J connectivity index is 2.07. The second kappa shape index (κ2) is 7.61. The van der Waals surface area contributed by atoms with Gasteiger partial charge in [0.25, 0.3) is 0 Å². The first kappa shape index (κ1) is 16.0. The van der Waals surface area contributed by atoms with Gasteiger partial charge in [-0.2, -0.15) is 0 Å². The van der Waals surface area contributed by atoms with Crippen molar-refractivity contribution in [3.05, 3.63) is 11.1 Å². The molecule has 0 aromatic carbocycles. The lowest BCUT2D eigenvalue weighted by atomic mass is 9.97. The van der Waals surface area contributed by atoms with E-state index in [0.717, 1.165) is 25.7 Å². The zero-order valence-corrected chi connectivity index (χ0v) is 13.3. The summed E-state index contributed by atoms with van der Waals surface area (Å²) in [5.41, 5.74) is 6.02. The molecule has 1 aromatic rings. The summed E-state index contributed by atoms with van der Waals surface area (Å²) in [6.45, 7) is 1.99. The number of oxime groups is 1. The van der Waals surface area contributed by atoms with Crippen LogP contribution in [0.2, 0.25) is 0 Å². The van der Waals surface area contributed by atoms with Crippen molar-refractivity contribution in [2.45, 2.75) is 44.1 Å². The number of anilines is 1. The van der Waals surface area contributed by atoms with E-state index >= 15 is 0 Å². The van der Waals surface area contributed by atoms with Crippen molar-refractivity contribution in [1.29, 1.82) is 0 Å². The van der Waals surface area contributed by atoms with E-state index in [9.17, 15) is 4.79 Å². The van der Waals surface area contributed by atoms with E-state index in [0.29, 0.717) is 10.8 Å². The number of aromatic nitrogens is 1. The maximum atomic E-state index is 11.9. The Morgan fingerprint density at radius 2 is 2.24 bits per heavy atom. The first-order valence-corrected chi connectivity index (χ1v) is 8.18. The van der Waals surface area contributed by atoms with Crippen molar-refractivity contribution in [1.82, 2.24) is 4.98 Å². The quantitative estimate of drug-likeness (QED) is 0.388. The van der Waals surface area contributed by atoms with E-state index in [1.807, 2.05) is 0 Å². The van der Waals surface area contributed by atoms with Crippen LogP contribution in [0.1, 0.15) is 38.3 Å². The number of halogens is 1. The van der Waals surface area contributed by atoms with Gasteiger partial charge in [-0.05, 0) is 32.6 Å². The molecule has 0 atom stereocenters. The fraction of sp³-hybridized carbons (Fsp3) is 0.615. The summed E-state index contributed by atoms with van der Waals surface area (Å²) in [6, 6.07) is 0. The molecule has 1 fully saturated rings. The van der Waals surface area contributed by atoms with Gasteiger partial charge in [0.2, 0.25) is 5.71 Å². The van der Waals surface area contributed by atoms with Gasteiger partial charge in [-0.1, -0.05) is 5.16 Å². The minimum atomic E-state index is -0.561. The largest absolute Gasteiger partial charge is 0.461 e. The molecule has 0 bridgehead atoms. The number of hydrogen-bond acceptors (Lipinski definition) is 7. The third-order valence-electron chi connectivity index (χ3n) is 3.13. The molecule has 1 saturated carbocycles. The molecular formula is C13H18ClN3O3S. The van der Waals surface area contributed by atoms with Gasteiger partial charge >= 0.3 is 5.97 Å². The summed E-state index contributed by atoms with van der Waals surface area (Å²) in [5.74, 6) is -0.561. The van der Waals surface area contributed by atoms with Crippen LogP contribution in [0.15, 0.2) is 10.5 Å². The summed E-state index contributed by atoms with van der Waals surface area (Å²) in [7, 11) is 0. The van der Waals surface area contributed by atoms with E-state index in [1.54, 1.807) is 12.3 Å². The highest BCUT2D eigenvalue weighted by molar-refractivity contribution is 7.13. The van der Waals surface area contributed by atoms with Crippen molar-refractivity contribution >= 4 is 39.8 Å². The van der Waals surface area contributed by atoms with Crippen molar-refractivity contribution in [3.63, 3.8) is 0 Å². The fourth-order valence-corrected chi connectivity index (χ4v) is 2.84. The Morgan fingerprint density at radius 1 is 1.52 bits per heavy atom. The zero-order valence-electron chi connectivity index (χ0n) is 11.8. The Bertz CT molecular complexity index is 513. The molecule has 0 amide bonds. The molecule has 0 saturated heterocycles. The van der Waals surface area contributed by atoms with Crippen molar-refractivity contribution in [3.8, 4) is 0 Å². The van der Waals surface area contributed by atoms with E-state index in [1.165, 1.54) is 11.3 Å². The molecule has 1 aliphatic rings. The second-order valence-corrected chi connectivity index (χ2v) is 6.22. The lowest BCUT2D eigenvalue weighted by Crippen LogP contribution is -2.23. The Labute approximate surface area is 132 Å². The monoisotopic (exact) mass is 331 g/mol. The molecule has 2 N–H and O–H groups in total. The molecule has 0 radical (unpaired) electrons. The van der Waals surface area contributed by atoms with Gasteiger partial charge in [-0.3, -0.25) is 0 Å². The molecule has 1 heterocycles. The number of ether oxygens (including phenoxy) is 1. The average molecular weight is 332 g/mol. The molecule has 0 aliphatic heterocycles. The predicted molar refractivity (Wildman–Crippen MR) is 82.7 cm³/mol. The van der Waals surface area contributed by atoms with Crippen LogP contribution in [-0.2, 0) is 14.4 Å². The number of hydrogen-bond donors (Lipinski definition) is 1. The first-order valence-electron chi connectivity index (χ1n) is 6.86. The smallest absolute Gasteiger partial charge is 0.362 e. The van der Waals surface area contributed by atoms with Gasteiger partial charge in [0.05, 0.1) is 6.61 Å². The van der Waals surface area contributed by atoms with E-state index < -0.39 is 5.97 Å². The molecule has 6 nitrogen and oxygen atoms in total. The highest BCUT2D eigenvalue weighted by atomic mass is 35.5. The summed E-state index contributed by atoms with van der Waals surface area (Å²) in [4.78, 5) is 21.5. The number of alkyl halides is 1. The highest BCUT2D eigenvalue weighted by Crippen LogP contribution is 2.25. The van der Waals surface area contributed by atoms with Gasteiger partial charge in [0.15, 0.2) is 5.13 Å². The van der Waals surface area contributed by atoms with Crippen molar-refractivity contribution in [2.24, 2.45) is 5.16 Å². The van der Waals surface area contributed by atoms with Crippen LogP contribution in [0.3, 0.4) is 0 Å². The number of nitrogens with two attached hydrogens (primary N) is 1. The lowest BCUT2D eigenvalue weighted by Gasteiger charge is -2.23. The van der Waals surface area contributed by atoms with E-state index in [-0.39, 0.29) is 23.8 Å². The highest BCUT2D eigenvalue weighted by Gasteiger charge is 2.23. The first-order chi connectivity index (χ1) is 10.1. The molecule has 1 aromatic heterocycles. The number of nitrogens with zero attached hydrogens (tertiary/aromatic N) is 2. The SMILES string of the molecule is CCOC(=O)C(=NOC1CCC(Cl)CC1)c1csc(N)n1. The Morgan fingerprint density at radius 3 is 2.81 bits per heavy atom. The molecule has 1 aliphatic carbocycles. The van der Waals surface area contributed by atoms with Crippen LogP contribution in [0.4, 0.5) is 5.13 Å². The van der Waals surface area contributed by atoms with Gasteiger partial charge in [0, 0.05) is 10.8 Å². The molecule has 8 heteroatoms. The number of rotatable bonds is 5. The van der Waals surface area contributed by atoms with Gasteiger partial charge in [-0.25, -0.2) is 9.78 Å². The minimum Gasteiger partial charge on any atom is -0.461 e.